The van der Waals surface area contributed by atoms with Crippen LogP contribution in [0.2, 0.25) is 0 Å². The van der Waals surface area contributed by atoms with Gasteiger partial charge in [-0.15, -0.1) is 0 Å². The number of hydrogen-bond acceptors (Lipinski definition) is 3. The van der Waals surface area contributed by atoms with Crippen LogP contribution in [0, 0.1) is 17.3 Å². The van der Waals surface area contributed by atoms with Crippen LogP contribution in [0.5, 0.6) is 0 Å². The van der Waals surface area contributed by atoms with Crippen molar-refractivity contribution >= 4 is 11.8 Å². The molecule has 0 aromatic carbocycles. The first-order valence-corrected chi connectivity index (χ1v) is 8.83. The average Bonchev–Trinajstić information content (AvgIpc) is 2.93. The van der Waals surface area contributed by atoms with Gasteiger partial charge < -0.3 is 10.8 Å². The Morgan fingerprint density at radius 2 is 2.06 bits per heavy atom. The second-order valence-corrected chi connectivity index (χ2v) is 7.52. The lowest BCUT2D eigenvalue weighted by molar-refractivity contribution is -0.0387. The number of aliphatic hydroxyl groups excluding tert-OH is 1. The fraction of sp³-hybridized carbons (Fsp3) is 1.00. The van der Waals surface area contributed by atoms with Crippen molar-refractivity contribution in [1.29, 1.82) is 0 Å². The van der Waals surface area contributed by atoms with Gasteiger partial charge in [0.1, 0.15) is 0 Å². The Balaban J connectivity index is 1.94. The summed E-state index contributed by atoms with van der Waals surface area (Å²) in [7, 11) is 0. The lowest BCUT2D eigenvalue weighted by Gasteiger charge is -2.44. The maximum atomic E-state index is 10.7. The minimum atomic E-state index is -0.153. The van der Waals surface area contributed by atoms with E-state index in [0.717, 1.165) is 24.5 Å². The van der Waals surface area contributed by atoms with E-state index in [1.165, 1.54) is 37.9 Å². The smallest absolute Gasteiger partial charge is 0.0644 e. The first-order chi connectivity index (χ1) is 8.72. The van der Waals surface area contributed by atoms with Gasteiger partial charge in [-0.25, -0.2) is 0 Å². The van der Waals surface area contributed by atoms with Crippen LogP contribution in [0.1, 0.15) is 51.9 Å². The molecule has 3 N–H and O–H groups in total. The van der Waals surface area contributed by atoms with Gasteiger partial charge in [-0.3, -0.25) is 0 Å². The van der Waals surface area contributed by atoms with Gasteiger partial charge in [0.25, 0.3) is 0 Å². The quantitative estimate of drug-likeness (QED) is 0.808. The first kappa shape index (κ1) is 14.7. The van der Waals surface area contributed by atoms with Crippen LogP contribution in [-0.2, 0) is 0 Å². The zero-order valence-electron chi connectivity index (χ0n) is 11.7. The summed E-state index contributed by atoms with van der Waals surface area (Å²) in [5.41, 5.74) is 6.10. The molecule has 2 unspecified atom stereocenters. The van der Waals surface area contributed by atoms with E-state index in [1.54, 1.807) is 0 Å². The molecule has 1 saturated heterocycles. The molecule has 2 rings (SSSR count). The second kappa shape index (κ2) is 6.62. The van der Waals surface area contributed by atoms with Crippen molar-refractivity contribution in [3.63, 3.8) is 0 Å². The predicted octanol–water partition coefficient (Wildman–Crippen LogP) is 3.04. The molecule has 2 atom stereocenters. The zero-order chi connectivity index (χ0) is 13.0. The van der Waals surface area contributed by atoms with Gasteiger partial charge >= 0.3 is 0 Å². The van der Waals surface area contributed by atoms with E-state index >= 15 is 0 Å². The molecule has 0 aromatic rings. The Bertz CT molecular complexity index is 245. The highest BCUT2D eigenvalue weighted by Gasteiger charge is 2.43. The number of rotatable bonds is 5. The van der Waals surface area contributed by atoms with E-state index in [1.807, 2.05) is 11.8 Å². The van der Waals surface area contributed by atoms with Crippen molar-refractivity contribution in [2.24, 2.45) is 23.0 Å². The molecule has 0 spiro atoms. The molecule has 18 heavy (non-hydrogen) atoms. The van der Waals surface area contributed by atoms with Crippen LogP contribution in [-0.4, -0.2) is 29.3 Å². The standard InChI is InChI=1S/C15H29NOS/c1-2-3-12-4-7-15(11-16,8-5-12)14(17)13-6-9-18-10-13/h12-14,17H,2-11,16H2,1H3. The van der Waals surface area contributed by atoms with E-state index in [0.29, 0.717) is 12.5 Å². The largest absolute Gasteiger partial charge is 0.392 e. The molecule has 2 nitrogen and oxygen atoms in total. The minimum Gasteiger partial charge on any atom is -0.392 e. The molecule has 1 saturated carbocycles. The summed E-state index contributed by atoms with van der Waals surface area (Å²) in [5.74, 6) is 3.75. The maximum absolute atomic E-state index is 10.7. The monoisotopic (exact) mass is 271 g/mol. The van der Waals surface area contributed by atoms with Crippen molar-refractivity contribution in [3.05, 3.63) is 0 Å². The Labute approximate surface area is 116 Å². The molecule has 106 valence electrons. The average molecular weight is 271 g/mol. The van der Waals surface area contributed by atoms with Crippen LogP contribution in [0.15, 0.2) is 0 Å². The Hall–Kier alpha value is 0.270. The number of thioether (sulfide) groups is 1. The predicted molar refractivity (Wildman–Crippen MR) is 79.8 cm³/mol. The molecule has 1 aliphatic heterocycles. The SMILES string of the molecule is CCCC1CCC(CN)(C(O)C2CCSC2)CC1. The molecule has 1 heterocycles. The van der Waals surface area contributed by atoms with Crippen molar-refractivity contribution in [3.8, 4) is 0 Å². The zero-order valence-corrected chi connectivity index (χ0v) is 12.6. The third-order valence-electron chi connectivity index (χ3n) is 5.24. The van der Waals surface area contributed by atoms with E-state index in [2.05, 4.69) is 6.92 Å². The van der Waals surface area contributed by atoms with Gasteiger partial charge in [0.2, 0.25) is 0 Å². The molecular weight excluding hydrogens is 242 g/mol. The first-order valence-electron chi connectivity index (χ1n) is 7.67. The number of hydrogen-bond donors (Lipinski definition) is 2. The fourth-order valence-corrected chi connectivity index (χ4v) is 5.16. The highest BCUT2D eigenvalue weighted by molar-refractivity contribution is 7.99. The Morgan fingerprint density at radius 1 is 1.33 bits per heavy atom. The van der Waals surface area contributed by atoms with Gasteiger partial charge in [-0.05, 0) is 55.4 Å². The normalized spacial score (nSPS) is 38.8. The lowest BCUT2D eigenvalue weighted by atomic mass is 9.64. The fourth-order valence-electron chi connectivity index (χ4n) is 3.87. The third kappa shape index (κ3) is 3.05. The summed E-state index contributed by atoms with van der Waals surface area (Å²) >= 11 is 1.99. The second-order valence-electron chi connectivity index (χ2n) is 6.37. The molecule has 0 aromatic heterocycles. The molecule has 0 amide bonds. The van der Waals surface area contributed by atoms with Crippen molar-refractivity contribution < 1.29 is 5.11 Å². The summed E-state index contributed by atoms with van der Waals surface area (Å²) in [6.45, 7) is 2.95. The van der Waals surface area contributed by atoms with Gasteiger partial charge in [0, 0.05) is 12.0 Å². The van der Waals surface area contributed by atoms with Crippen molar-refractivity contribution in [1.82, 2.24) is 0 Å². The maximum Gasteiger partial charge on any atom is 0.0644 e. The Morgan fingerprint density at radius 3 is 2.56 bits per heavy atom. The van der Waals surface area contributed by atoms with Gasteiger partial charge in [0.15, 0.2) is 0 Å². The highest BCUT2D eigenvalue weighted by atomic mass is 32.2. The molecule has 2 aliphatic rings. The van der Waals surface area contributed by atoms with Crippen LogP contribution in [0.25, 0.3) is 0 Å². The van der Waals surface area contributed by atoms with Crippen molar-refractivity contribution in [2.75, 3.05) is 18.1 Å². The van der Waals surface area contributed by atoms with E-state index in [4.69, 9.17) is 5.73 Å². The summed E-state index contributed by atoms with van der Waals surface area (Å²) in [5, 5.41) is 10.7. The molecule has 3 heteroatoms. The molecular formula is C15H29NOS. The van der Waals surface area contributed by atoms with E-state index < -0.39 is 0 Å². The van der Waals surface area contributed by atoms with Crippen LogP contribution < -0.4 is 5.73 Å². The lowest BCUT2D eigenvalue weighted by Crippen LogP contribution is -2.48. The molecule has 0 radical (unpaired) electrons. The summed E-state index contributed by atoms with van der Waals surface area (Å²) in [6, 6.07) is 0. The van der Waals surface area contributed by atoms with E-state index in [9.17, 15) is 5.11 Å². The summed E-state index contributed by atoms with van der Waals surface area (Å²) in [4.78, 5) is 0. The van der Waals surface area contributed by atoms with Crippen LogP contribution in [0.3, 0.4) is 0 Å². The number of aliphatic hydroxyl groups is 1. The van der Waals surface area contributed by atoms with Gasteiger partial charge in [-0.2, -0.15) is 11.8 Å². The number of nitrogens with two attached hydrogens (primary N) is 1. The molecule has 0 bridgehead atoms. The van der Waals surface area contributed by atoms with Crippen LogP contribution >= 0.6 is 11.8 Å². The van der Waals surface area contributed by atoms with Crippen molar-refractivity contribution in [2.45, 2.75) is 58.0 Å². The van der Waals surface area contributed by atoms with Gasteiger partial charge in [-0.1, -0.05) is 19.8 Å². The van der Waals surface area contributed by atoms with Crippen LogP contribution in [0.4, 0.5) is 0 Å². The molecule has 1 aliphatic carbocycles. The minimum absolute atomic E-state index is 0.0415. The van der Waals surface area contributed by atoms with Gasteiger partial charge in [0.05, 0.1) is 6.10 Å². The Kier molecular flexibility index (Phi) is 5.40. The van der Waals surface area contributed by atoms with E-state index in [-0.39, 0.29) is 11.5 Å². The third-order valence-corrected chi connectivity index (χ3v) is 6.43. The molecule has 2 fully saturated rings. The summed E-state index contributed by atoms with van der Waals surface area (Å²) in [6.07, 6.45) is 8.54. The topological polar surface area (TPSA) is 46.2 Å². The summed E-state index contributed by atoms with van der Waals surface area (Å²) < 4.78 is 0. The highest BCUT2D eigenvalue weighted by Crippen LogP contribution is 2.46.